The third-order valence-electron chi connectivity index (χ3n) is 5.81. The zero-order chi connectivity index (χ0) is 25.2. The molecule has 0 radical (unpaired) electrons. The van der Waals surface area contributed by atoms with Gasteiger partial charge in [0, 0.05) is 22.2 Å². The second kappa shape index (κ2) is 9.21. The highest BCUT2D eigenvalue weighted by Crippen LogP contribution is 2.28. The number of nitrogens with one attached hydrogen (secondary N) is 1. The lowest BCUT2D eigenvalue weighted by atomic mass is 9.84. The average molecular weight is 467 g/mol. The SMILES string of the molecule is Cc1noc(=O)c2ccc(NC(=O)C(O)(C#Cc3ccccc3)c3ccc(C(C)(C)C)cc3)cc12. The standard InChI is InChI=1S/C29H26N2O4/c1-19-25-18-23(14-15-24(25)26(32)35-31-19)30-27(33)29(34,17-16-20-8-6-5-7-9-20)22-12-10-21(11-13-22)28(2,3)4/h5-15,18,34H,1-4H3,(H,30,33). The smallest absolute Gasteiger partial charge is 0.366 e. The molecule has 1 atom stereocenters. The van der Waals surface area contributed by atoms with Gasteiger partial charge in [-0.2, -0.15) is 0 Å². The number of amides is 1. The van der Waals surface area contributed by atoms with Gasteiger partial charge in [-0.3, -0.25) is 4.79 Å². The number of hydrogen-bond acceptors (Lipinski definition) is 5. The summed E-state index contributed by atoms with van der Waals surface area (Å²) in [6.07, 6.45) is 0. The first-order valence-corrected chi connectivity index (χ1v) is 11.2. The van der Waals surface area contributed by atoms with E-state index in [9.17, 15) is 14.7 Å². The third-order valence-corrected chi connectivity index (χ3v) is 5.81. The van der Waals surface area contributed by atoms with Crippen LogP contribution < -0.4 is 10.9 Å². The predicted octanol–water partition coefficient (Wildman–Crippen LogP) is 4.67. The fourth-order valence-electron chi connectivity index (χ4n) is 3.68. The molecule has 6 heteroatoms. The van der Waals surface area contributed by atoms with Crippen LogP contribution in [0.3, 0.4) is 0 Å². The maximum Gasteiger partial charge on any atom is 0.366 e. The van der Waals surface area contributed by atoms with E-state index in [4.69, 9.17) is 4.52 Å². The molecule has 6 nitrogen and oxygen atoms in total. The second-order valence-electron chi connectivity index (χ2n) is 9.42. The van der Waals surface area contributed by atoms with Crippen LogP contribution in [-0.2, 0) is 15.8 Å². The van der Waals surface area contributed by atoms with Crippen LogP contribution in [0, 0.1) is 18.8 Å². The molecule has 1 heterocycles. The molecule has 35 heavy (non-hydrogen) atoms. The van der Waals surface area contributed by atoms with Gasteiger partial charge in [0.05, 0.1) is 11.1 Å². The van der Waals surface area contributed by atoms with Crippen LogP contribution in [0.2, 0.25) is 0 Å². The first-order valence-electron chi connectivity index (χ1n) is 11.2. The summed E-state index contributed by atoms with van der Waals surface area (Å²) < 4.78 is 4.76. The number of carbonyl (C=O) groups excluding carboxylic acids is 1. The van der Waals surface area contributed by atoms with Crippen molar-refractivity contribution in [3.63, 3.8) is 0 Å². The second-order valence-corrected chi connectivity index (χ2v) is 9.42. The van der Waals surface area contributed by atoms with E-state index < -0.39 is 17.1 Å². The van der Waals surface area contributed by atoms with Crippen LogP contribution >= 0.6 is 0 Å². The van der Waals surface area contributed by atoms with Crippen molar-refractivity contribution < 1.29 is 14.4 Å². The zero-order valence-corrected chi connectivity index (χ0v) is 20.0. The maximum atomic E-state index is 13.5. The lowest BCUT2D eigenvalue weighted by molar-refractivity contribution is -0.129. The number of benzene rings is 3. The molecule has 0 spiro atoms. The Morgan fingerprint density at radius 1 is 0.943 bits per heavy atom. The molecule has 0 bridgehead atoms. The molecule has 1 unspecified atom stereocenters. The minimum absolute atomic E-state index is 0.0850. The van der Waals surface area contributed by atoms with Gasteiger partial charge in [0.15, 0.2) is 0 Å². The van der Waals surface area contributed by atoms with Gasteiger partial charge in [0.2, 0.25) is 5.60 Å². The van der Waals surface area contributed by atoms with Gasteiger partial charge in [-0.1, -0.05) is 74.3 Å². The van der Waals surface area contributed by atoms with Crippen molar-refractivity contribution >= 4 is 22.4 Å². The van der Waals surface area contributed by atoms with Crippen molar-refractivity contribution in [3.8, 4) is 11.8 Å². The number of anilines is 1. The Morgan fingerprint density at radius 3 is 2.26 bits per heavy atom. The van der Waals surface area contributed by atoms with Gasteiger partial charge >= 0.3 is 5.63 Å². The monoisotopic (exact) mass is 466 g/mol. The number of nitrogens with zero attached hydrogens (tertiary/aromatic N) is 1. The zero-order valence-electron chi connectivity index (χ0n) is 20.0. The van der Waals surface area contributed by atoms with Crippen LogP contribution in [0.5, 0.6) is 0 Å². The molecule has 2 N–H and O–H groups in total. The van der Waals surface area contributed by atoms with Gasteiger partial charge in [-0.15, -0.1) is 0 Å². The summed E-state index contributed by atoms with van der Waals surface area (Å²) in [6, 6.07) is 21.1. The van der Waals surface area contributed by atoms with Crippen molar-refractivity contribution in [1.29, 1.82) is 0 Å². The van der Waals surface area contributed by atoms with Crippen LogP contribution in [0.15, 0.2) is 82.1 Å². The Morgan fingerprint density at radius 2 is 1.60 bits per heavy atom. The summed E-state index contributed by atoms with van der Waals surface area (Å²) in [6.45, 7) is 7.98. The minimum Gasteiger partial charge on any atom is -0.366 e. The molecule has 1 amide bonds. The Hall–Kier alpha value is -4.21. The topological polar surface area (TPSA) is 92.4 Å². The van der Waals surface area contributed by atoms with Crippen molar-refractivity contribution in [2.75, 3.05) is 5.32 Å². The van der Waals surface area contributed by atoms with E-state index >= 15 is 0 Å². The highest BCUT2D eigenvalue weighted by molar-refractivity contribution is 6.01. The molecule has 0 saturated carbocycles. The summed E-state index contributed by atoms with van der Waals surface area (Å²) in [5.41, 5.74) is 0.221. The van der Waals surface area contributed by atoms with E-state index in [-0.39, 0.29) is 5.41 Å². The van der Waals surface area contributed by atoms with Crippen LogP contribution in [0.1, 0.15) is 43.2 Å². The van der Waals surface area contributed by atoms with Crippen LogP contribution in [0.25, 0.3) is 10.8 Å². The first kappa shape index (κ1) is 23.9. The molecule has 0 aliphatic heterocycles. The fraction of sp³-hybridized carbons (Fsp3) is 0.207. The van der Waals surface area contributed by atoms with Gasteiger partial charge in [0.1, 0.15) is 0 Å². The van der Waals surface area contributed by atoms with Crippen molar-refractivity contribution in [3.05, 3.63) is 106 Å². The van der Waals surface area contributed by atoms with E-state index in [0.29, 0.717) is 33.3 Å². The molecular weight excluding hydrogens is 440 g/mol. The Balaban J connectivity index is 1.75. The molecule has 4 rings (SSSR count). The van der Waals surface area contributed by atoms with Crippen molar-refractivity contribution in [1.82, 2.24) is 5.16 Å². The summed E-state index contributed by atoms with van der Waals surface area (Å²) in [7, 11) is 0. The number of rotatable bonds is 3. The highest BCUT2D eigenvalue weighted by Gasteiger charge is 2.37. The normalized spacial score (nSPS) is 12.9. The van der Waals surface area contributed by atoms with Crippen LogP contribution in [-0.4, -0.2) is 16.2 Å². The highest BCUT2D eigenvalue weighted by atomic mass is 16.5. The van der Waals surface area contributed by atoms with Gasteiger partial charge in [-0.25, -0.2) is 4.79 Å². The van der Waals surface area contributed by atoms with E-state index in [1.807, 2.05) is 30.3 Å². The van der Waals surface area contributed by atoms with Gasteiger partial charge < -0.3 is 14.9 Å². The van der Waals surface area contributed by atoms with E-state index in [1.165, 1.54) is 0 Å². The predicted molar refractivity (Wildman–Crippen MR) is 136 cm³/mol. The Bertz CT molecular complexity index is 1500. The van der Waals surface area contributed by atoms with Gasteiger partial charge in [-0.05, 0) is 54.2 Å². The number of aromatic nitrogens is 1. The molecule has 0 saturated heterocycles. The molecule has 3 aromatic carbocycles. The van der Waals surface area contributed by atoms with Crippen molar-refractivity contribution in [2.24, 2.45) is 0 Å². The van der Waals surface area contributed by atoms with Crippen LogP contribution in [0.4, 0.5) is 5.69 Å². The maximum absolute atomic E-state index is 13.5. The summed E-state index contributed by atoms with van der Waals surface area (Å²) >= 11 is 0. The molecular formula is C29H26N2O4. The van der Waals surface area contributed by atoms with Gasteiger partial charge in [0.25, 0.3) is 5.91 Å². The minimum atomic E-state index is -2.12. The molecule has 0 fully saturated rings. The molecule has 0 aliphatic carbocycles. The lowest BCUT2D eigenvalue weighted by Gasteiger charge is -2.24. The summed E-state index contributed by atoms with van der Waals surface area (Å²) in [4.78, 5) is 25.4. The first-order chi connectivity index (χ1) is 16.6. The molecule has 1 aromatic heterocycles. The largest absolute Gasteiger partial charge is 0.366 e. The third kappa shape index (κ3) is 5.01. The van der Waals surface area contributed by atoms with Crippen molar-refractivity contribution in [2.45, 2.75) is 38.7 Å². The Labute approximate surface area is 203 Å². The number of aliphatic hydroxyl groups is 1. The van der Waals surface area contributed by atoms with E-state index in [1.54, 1.807) is 49.4 Å². The average Bonchev–Trinajstić information content (AvgIpc) is 2.85. The number of hydrogen-bond donors (Lipinski definition) is 2. The molecule has 0 aliphatic rings. The summed E-state index contributed by atoms with van der Waals surface area (Å²) in [5.74, 6) is 4.99. The number of carbonyl (C=O) groups is 1. The van der Waals surface area contributed by atoms with E-state index in [2.05, 4.69) is 43.1 Å². The quantitative estimate of drug-likeness (QED) is 0.428. The molecule has 176 valence electrons. The lowest BCUT2D eigenvalue weighted by Crippen LogP contribution is -2.39. The van der Waals surface area contributed by atoms with E-state index in [0.717, 1.165) is 5.56 Å². The molecule has 4 aromatic rings. The Kier molecular flexibility index (Phi) is 6.29. The fourth-order valence-corrected chi connectivity index (χ4v) is 3.68. The number of fused-ring (bicyclic) bond motifs is 1. The number of aryl methyl sites for hydroxylation is 1. The summed E-state index contributed by atoms with van der Waals surface area (Å²) in [5, 5.41) is 19.0.